The lowest BCUT2D eigenvalue weighted by Gasteiger charge is -2.30. The first-order chi connectivity index (χ1) is 11.2. The quantitative estimate of drug-likeness (QED) is 0.914. The summed E-state index contributed by atoms with van der Waals surface area (Å²) in [6.45, 7) is 6.90. The van der Waals surface area contributed by atoms with Crippen molar-refractivity contribution in [3.63, 3.8) is 0 Å². The summed E-state index contributed by atoms with van der Waals surface area (Å²) in [4.78, 5) is 6.81. The molecule has 1 aromatic heterocycles. The van der Waals surface area contributed by atoms with Gasteiger partial charge in [-0.3, -0.25) is 0 Å². The number of nitrogens with one attached hydrogen (secondary N) is 1. The van der Waals surface area contributed by atoms with Crippen LogP contribution in [-0.2, 0) is 0 Å². The van der Waals surface area contributed by atoms with Crippen molar-refractivity contribution < 1.29 is 4.74 Å². The van der Waals surface area contributed by atoms with Crippen LogP contribution in [0.2, 0.25) is 0 Å². The number of nitrogens with zero attached hydrogens (tertiary/aromatic N) is 4. The Morgan fingerprint density at radius 1 is 1.30 bits per heavy atom. The van der Waals surface area contributed by atoms with Crippen LogP contribution in [0.5, 0.6) is 5.75 Å². The summed E-state index contributed by atoms with van der Waals surface area (Å²) in [6.07, 6.45) is 4.10. The maximum Gasteiger partial charge on any atom is 0.247 e. The van der Waals surface area contributed by atoms with Crippen LogP contribution < -0.4 is 15.0 Å². The topological polar surface area (TPSA) is 63.2 Å². The highest BCUT2D eigenvalue weighted by Crippen LogP contribution is 2.22. The molecule has 1 unspecified atom stereocenters. The molecule has 0 bridgehead atoms. The van der Waals surface area contributed by atoms with Gasteiger partial charge < -0.3 is 15.0 Å². The first-order valence-corrected chi connectivity index (χ1v) is 8.19. The molecule has 1 aromatic carbocycles. The second-order valence-electron chi connectivity index (χ2n) is 5.92. The number of hydrogen-bond donors (Lipinski definition) is 1. The molecule has 0 radical (unpaired) electrons. The number of aromatic nitrogens is 3. The first kappa shape index (κ1) is 15.5. The molecule has 2 aromatic rings. The van der Waals surface area contributed by atoms with E-state index in [2.05, 4.69) is 32.3 Å². The SMILES string of the molecule is CCOc1ccc(Nc2cnnc(N3CCCC(C)C3)n2)cc1. The average molecular weight is 313 g/mol. The van der Waals surface area contributed by atoms with Crippen molar-refractivity contribution in [1.82, 2.24) is 15.2 Å². The number of piperidine rings is 1. The summed E-state index contributed by atoms with van der Waals surface area (Å²) in [5, 5.41) is 11.5. The monoisotopic (exact) mass is 313 g/mol. The van der Waals surface area contributed by atoms with Crippen LogP contribution in [0.3, 0.4) is 0 Å². The minimum absolute atomic E-state index is 0.667. The number of anilines is 3. The van der Waals surface area contributed by atoms with Crippen molar-refractivity contribution >= 4 is 17.5 Å². The Kier molecular flexibility index (Phi) is 4.90. The van der Waals surface area contributed by atoms with Gasteiger partial charge in [0.25, 0.3) is 0 Å². The maximum atomic E-state index is 5.45. The van der Waals surface area contributed by atoms with Gasteiger partial charge in [-0.25, -0.2) is 0 Å². The van der Waals surface area contributed by atoms with E-state index in [1.165, 1.54) is 12.8 Å². The molecular formula is C17H23N5O. The molecule has 2 heterocycles. The molecular weight excluding hydrogens is 290 g/mol. The lowest BCUT2D eigenvalue weighted by atomic mass is 10.0. The van der Waals surface area contributed by atoms with Crippen LogP contribution in [0.15, 0.2) is 30.5 Å². The summed E-state index contributed by atoms with van der Waals surface area (Å²) in [5.41, 5.74) is 0.951. The minimum atomic E-state index is 0.667. The summed E-state index contributed by atoms with van der Waals surface area (Å²) in [7, 11) is 0. The van der Waals surface area contributed by atoms with Crippen molar-refractivity contribution in [2.75, 3.05) is 29.9 Å². The van der Waals surface area contributed by atoms with Crippen molar-refractivity contribution in [2.45, 2.75) is 26.7 Å². The molecule has 3 rings (SSSR count). The highest BCUT2D eigenvalue weighted by atomic mass is 16.5. The molecule has 1 fully saturated rings. The van der Waals surface area contributed by atoms with Crippen molar-refractivity contribution in [1.29, 1.82) is 0 Å². The fourth-order valence-electron chi connectivity index (χ4n) is 2.81. The van der Waals surface area contributed by atoms with Crippen molar-refractivity contribution in [3.05, 3.63) is 30.5 Å². The van der Waals surface area contributed by atoms with E-state index in [1.54, 1.807) is 6.20 Å². The lowest BCUT2D eigenvalue weighted by Crippen LogP contribution is -2.35. The second-order valence-corrected chi connectivity index (χ2v) is 5.92. The maximum absolute atomic E-state index is 5.45. The number of hydrogen-bond acceptors (Lipinski definition) is 6. The van der Waals surface area contributed by atoms with Gasteiger partial charge in [-0.05, 0) is 49.9 Å². The Bertz CT molecular complexity index is 631. The minimum Gasteiger partial charge on any atom is -0.494 e. The second kappa shape index (κ2) is 7.26. The molecule has 6 heteroatoms. The Hall–Kier alpha value is -2.37. The predicted molar refractivity (Wildman–Crippen MR) is 91.3 cm³/mol. The molecule has 1 atom stereocenters. The van der Waals surface area contributed by atoms with Crippen LogP contribution in [0.25, 0.3) is 0 Å². The number of ether oxygens (including phenoxy) is 1. The Balaban J connectivity index is 1.69. The smallest absolute Gasteiger partial charge is 0.247 e. The van der Waals surface area contributed by atoms with Gasteiger partial charge in [0.15, 0.2) is 5.82 Å². The number of rotatable bonds is 5. The van der Waals surface area contributed by atoms with E-state index in [0.29, 0.717) is 24.3 Å². The molecule has 1 N–H and O–H groups in total. The van der Waals surface area contributed by atoms with Gasteiger partial charge in [-0.2, -0.15) is 10.1 Å². The molecule has 0 amide bonds. The Morgan fingerprint density at radius 2 is 2.13 bits per heavy atom. The van der Waals surface area contributed by atoms with Gasteiger partial charge in [0.05, 0.1) is 12.8 Å². The molecule has 1 aliphatic heterocycles. The van der Waals surface area contributed by atoms with Gasteiger partial charge in [0.1, 0.15) is 5.75 Å². The van der Waals surface area contributed by atoms with Crippen LogP contribution >= 0.6 is 0 Å². The number of benzene rings is 1. The van der Waals surface area contributed by atoms with Crippen LogP contribution in [0.4, 0.5) is 17.5 Å². The zero-order valence-corrected chi connectivity index (χ0v) is 13.7. The molecule has 0 saturated carbocycles. The lowest BCUT2D eigenvalue weighted by molar-refractivity contribution is 0.340. The summed E-state index contributed by atoms with van der Waals surface area (Å²) < 4.78 is 5.45. The van der Waals surface area contributed by atoms with Gasteiger partial charge >= 0.3 is 0 Å². The zero-order chi connectivity index (χ0) is 16.1. The van der Waals surface area contributed by atoms with Crippen LogP contribution in [0, 0.1) is 5.92 Å². The third kappa shape index (κ3) is 4.09. The third-order valence-electron chi connectivity index (χ3n) is 3.93. The van der Waals surface area contributed by atoms with Gasteiger partial charge in [0.2, 0.25) is 5.95 Å². The first-order valence-electron chi connectivity index (χ1n) is 8.19. The van der Waals surface area contributed by atoms with Crippen molar-refractivity contribution in [2.24, 2.45) is 5.92 Å². The molecule has 0 aliphatic carbocycles. The molecule has 1 aliphatic rings. The third-order valence-corrected chi connectivity index (χ3v) is 3.93. The largest absolute Gasteiger partial charge is 0.494 e. The van der Waals surface area contributed by atoms with E-state index >= 15 is 0 Å². The normalized spacial score (nSPS) is 17.8. The fraction of sp³-hybridized carbons (Fsp3) is 0.471. The van der Waals surface area contributed by atoms with Crippen LogP contribution in [-0.4, -0.2) is 34.9 Å². The summed E-state index contributed by atoms with van der Waals surface area (Å²) in [6, 6.07) is 7.81. The van der Waals surface area contributed by atoms with E-state index in [4.69, 9.17) is 4.74 Å². The Labute approximate surface area is 136 Å². The summed E-state index contributed by atoms with van der Waals surface area (Å²) in [5.74, 6) is 2.95. The van der Waals surface area contributed by atoms with Crippen molar-refractivity contribution in [3.8, 4) is 5.75 Å². The van der Waals surface area contributed by atoms with E-state index in [-0.39, 0.29) is 0 Å². The van der Waals surface area contributed by atoms with Gasteiger partial charge in [-0.15, -0.1) is 5.10 Å². The standard InChI is InChI=1S/C17H23N5O/c1-3-23-15-8-6-14(7-9-15)19-16-11-18-21-17(20-16)22-10-4-5-13(2)12-22/h6-9,11,13H,3-5,10,12H2,1-2H3,(H,19,20,21). The van der Waals surface area contributed by atoms with Gasteiger partial charge in [0, 0.05) is 18.8 Å². The van der Waals surface area contributed by atoms with E-state index in [9.17, 15) is 0 Å². The fourth-order valence-corrected chi connectivity index (χ4v) is 2.81. The summed E-state index contributed by atoms with van der Waals surface area (Å²) >= 11 is 0. The molecule has 23 heavy (non-hydrogen) atoms. The molecule has 0 spiro atoms. The highest BCUT2D eigenvalue weighted by Gasteiger charge is 2.19. The van der Waals surface area contributed by atoms with Gasteiger partial charge in [-0.1, -0.05) is 6.92 Å². The predicted octanol–water partition coefficient (Wildman–Crippen LogP) is 3.25. The highest BCUT2D eigenvalue weighted by molar-refractivity contribution is 5.57. The molecule has 122 valence electrons. The molecule has 6 nitrogen and oxygen atoms in total. The van der Waals surface area contributed by atoms with E-state index in [1.807, 2.05) is 31.2 Å². The van der Waals surface area contributed by atoms with E-state index in [0.717, 1.165) is 24.5 Å². The van der Waals surface area contributed by atoms with E-state index < -0.39 is 0 Å². The zero-order valence-electron chi connectivity index (χ0n) is 13.7. The Morgan fingerprint density at radius 3 is 2.87 bits per heavy atom. The molecule has 1 saturated heterocycles. The van der Waals surface area contributed by atoms with Crippen LogP contribution in [0.1, 0.15) is 26.7 Å². The average Bonchev–Trinajstić information content (AvgIpc) is 2.57.